The van der Waals surface area contributed by atoms with Crippen LogP contribution in [0.5, 0.6) is 0 Å². The lowest BCUT2D eigenvalue weighted by Crippen LogP contribution is -2.15. The predicted molar refractivity (Wildman–Crippen MR) is 104 cm³/mol. The Bertz CT molecular complexity index is 1190. The van der Waals surface area contributed by atoms with Crippen LogP contribution in [0.15, 0.2) is 55.5 Å². The van der Waals surface area contributed by atoms with E-state index in [4.69, 9.17) is 5.11 Å². The van der Waals surface area contributed by atoms with Crippen molar-refractivity contribution in [2.75, 3.05) is 0 Å². The number of aromatic amines is 2. The summed E-state index contributed by atoms with van der Waals surface area (Å²) in [4.78, 5) is 21.8. The number of hydrogen-bond donors (Lipinski definition) is 3. The number of aromatic nitrogens is 7. The molecule has 0 radical (unpaired) electrons. The van der Waals surface area contributed by atoms with Crippen LogP contribution in [0.4, 0.5) is 0 Å². The third-order valence-corrected chi connectivity index (χ3v) is 4.18. The van der Waals surface area contributed by atoms with Crippen LogP contribution in [0.2, 0.25) is 0 Å². The second kappa shape index (κ2) is 7.69. The fourth-order valence-corrected chi connectivity index (χ4v) is 2.73. The highest BCUT2D eigenvalue weighted by molar-refractivity contribution is 5.87. The van der Waals surface area contributed by atoms with Gasteiger partial charge in [-0.05, 0) is 23.6 Å². The minimum absolute atomic E-state index is 0.198. The molecule has 1 aromatic heterocycles. The zero-order valence-electron chi connectivity index (χ0n) is 15.1. The number of benzene rings is 1. The topological polar surface area (TPSA) is 133 Å². The van der Waals surface area contributed by atoms with Crippen LogP contribution >= 0.6 is 0 Å². The van der Waals surface area contributed by atoms with Gasteiger partial charge in [0.2, 0.25) is 0 Å². The van der Waals surface area contributed by atoms with Gasteiger partial charge in [0.15, 0.2) is 0 Å². The molecule has 0 bridgehead atoms. The molecule has 10 nitrogen and oxygen atoms in total. The number of carbonyl (C=O) groups is 1. The Morgan fingerprint density at radius 1 is 1.21 bits per heavy atom. The normalized spacial score (nSPS) is 10.5. The number of H-pyrrole nitrogens is 2. The first-order valence-electron chi connectivity index (χ1n) is 8.63. The molecule has 2 aliphatic heterocycles. The lowest BCUT2D eigenvalue weighted by molar-refractivity contribution is 0.0697. The van der Waals surface area contributed by atoms with Crippen molar-refractivity contribution >= 4 is 5.97 Å². The van der Waals surface area contributed by atoms with Crippen molar-refractivity contribution in [3.05, 3.63) is 77.5 Å². The third-order valence-electron chi connectivity index (χ3n) is 4.18. The Morgan fingerprint density at radius 2 is 2.03 bits per heavy atom. The lowest BCUT2D eigenvalue weighted by Gasteiger charge is -2.23. The first-order valence-corrected chi connectivity index (χ1v) is 8.63. The largest absolute Gasteiger partial charge is 0.792 e. The van der Waals surface area contributed by atoms with E-state index in [0.717, 1.165) is 5.56 Å². The first-order chi connectivity index (χ1) is 14.1. The van der Waals surface area contributed by atoms with Crippen LogP contribution in [-0.4, -0.2) is 45.3 Å². The zero-order chi connectivity index (χ0) is 20.2. The molecular formula is C19H16N7O3-. The van der Waals surface area contributed by atoms with Gasteiger partial charge < -0.3 is 25.1 Å². The summed E-state index contributed by atoms with van der Waals surface area (Å²) in [6.07, 6.45) is 7.82. The van der Waals surface area contributed by atoms with Crippen LogP contribution in [-0.2, 0) is 13.1 Å². The SMILES string of the molecule is O=C(O)c1ccc(Cn2cc3[nH]c(C#CCn4cncn4)c[nH]c-3cn2[O-])cc1. The number of aromatic carboxylic acids is 1. The summed E-state index contributed by atoms with van der Waals surface area (Å²) in [5, 5.41) is 25.3. The third kappa shape index (κ3) is 4.14. The van der Waals surface area contributed by atoms with Crippen molar-refractivity contribution in [2.24, 2.45) is 0 Å². The Balaban J connectivity index is 1.58. The molecular weight excluding hydrogens is 374 g/mol. The quantitative estimate of drug-likeness (QED) is 0.458. The van der Waals surface area contributed by atoms with Crippen LogP contribution < -0.4 is 0 Å². The minimum atomic E-state index is -0.989. The number of nitrogens with one attached hydrogen (secondary N) is 2. The van der Waals surface area contributed by atoms with E-state index >= 15 is 0 Å². The van der Waals surface area contributed by atoms with Crippen molar-refractivity contribution in [2.45, 2.75) is 13.1 Å². The fourth-order valence-electron chi connectivity index (χ4n) is 2.73. The maximum absolute atomic E-state index is 12.3. The van der Waals surface area contributed by atoms with Crippen LogP contribution in [0.3, 0.4) is 0 Å². The van der Waals surface area contributed by atoms with Gasteiger partial charge in [0, 0.05) is 18.6 Å². The molecule has 0 spiro atoms. The molecule has 0 atom stereocenters. The van der Waals surface area contributed by atoms with Gasteiger partial charge in [-0.15, -0.1) is 0 Å². The second-order valence-electron chi connectivity index (χ2n) is 6.21. The molecule has 3 heterocycles. The van der Waals surface area contributed by atoms with E-state index in [1.54, 1.807) is 35.5 Å². The molecule has 2 aliphatic rings. The summed E-state index contributed by atoms with van der Waals surface area (Å²) in [6, 6.07) is 6.39. The van der Waals surface area contributed by atoms with E-state index in [-0.39, 0.29) is 12.1 Å². The summed E-state index contributed by atoms with van der Waals surface area (Å²) in [6.45, 7) is 0.697. The predicted octanol–water partition coefficient (Wildman–Crippen LogP) is 1.91. The van der Waals surface area contributed by atoms with Crippen molar-refractivity contribution < 1.29 is 9.90 Å². The van der Waals surface area contributed by atoms with Crippen molar-refractivity contribution in [1.82, 2.24) is 34.3 Å². The molecule has 146 valence electrons. The molecule has 0 fully saturated rings. The zero-order valence-corrected chi connectivity index (χ0v) is 15.1. The monoisotopic (exact) mass is 390 g/mol. The lowest BCUT2D eigenvalue weighted by atomic mass is 10.1. The van der Waals surface area contributed by atoms with E-state index in [1.807, 2.05) is 0 Å². The summed E-state index contributed by atoms with van der Waals surface area (Å²) >= 11 is 0. The summed E-state index contributed by atoms with van der Waals surface area (Å²) in [5.41, 5.74) is 2.98. The molecule has 0 amide bonds. The maximum Gasteiger partial charge on any atom is 0.335 e. The molecule has 3 N–H and O–H groups in total. The van der Waals surface area contributed by atoms with E-state index < -0.39 is 5.97 Å². The molecule has 0 saturated carbocycles. The number of carboxylic acids is 1. The Labute approximate surface area is 164 Å². The highest BCUT2D eigenvalue weighted by Gasteiger charge is 2.07. The van der Waals surface area contributed by atoms with E-state index in [1.165, 1.54) is 29.3 Å². The van der Waals surface area contributed by atoms with Gasteiger partial charge in [0.25, 0.3) is 0 Å². The minimum Gasteiger partial charge on any atom is -0.792 e. The van der Waals surface area contributed by atoms with Crippen molar-refractivity contribution in [3.8, 4) is 23.2 Å². The van der Waals surface area contributed by atoms with Gasteiger partial charge in [-0.25, -0.2) is 14.5 Å². The van der Waals surface area contributed by atoms with Gasteiger partial charge >= 0.3 is 5.97 Å². The van der Waals surface area contributed by atoms with Gasteiger partial charge in [-0.1, -0.05) is 18.1 Å². The molecule has 0 saturated heterocycles. The van der Waals surface area contributed by atoms with Crippen molar-refractivity contribution in [3.63, 3.8) is 0 Å². The summed E-state index contributed by atoms with van der Waals surface area (Å²) in [5.74, 6) is 5.00. The average Bonchev–Trinajstić information content (AvgIpc) is 3.23. The van der Waals surface area contributed by atoms with Gasteiger partial charge in [0.1, 0.15) is 24.9 Å². The van der Waals surface area contributed by atoms with Gasteiger partial charge in [-0.3, -0.25) is 4.68 Å². The van der Waals surface area contributed by atoms with E-state index in [0.29, 0.717) is 28.5 Å². The van der Waals surface area contributed by atoms with E-state index in [9.17, 15) is 10.0 Å². The number of nitrogens with zero attached hydrogens (tertiary/aromatic N) is 5. The highest BCUT2D eigenvalue weighted by atomic mass is 16.5. The Hall–Kier alpha value is -4.39. The maximum atomic E-state index is 12.3. The summed E-state index contributed by atoms with van der Waals surface area (Å²) < 4.78 is 3.08. The van der Waals surface area contributed by atoms with Crippen molar-refractivity contribution in [1.29, 1.82) is 0 Å². The smallest absolute Gasteiger partial charge is 0.335 e. The summed E-state index contributed by atoms with van der Waals surface area (Å²) in [7, 11) is 0. The number of carboxylic acid groups (broad SMARTS) is 1. The second-order valence-corrected chi connectivity index (χ2v) is 6.21. The molecule has 2 aromatic rings. The Kier molecular flexibility index (Phi) is 4.77. The number of rotatable bonds is 4. The van der Waals surface area contributed by atoms with Crippen LogP contribution in [0.25, 0.3) is 11.4 Å². The standard InChI is InChI=1S/C19H16N7O3/c27-19(28)15-5-3-14(4-6-15)9-25-10-18-17(11-26(25)29)21-8-16(23-18)2-1-7-24-13-20-12-22-24/h3-6,8,10-13,21,23H,7,9H2,(H,27,28)/q-1. The average molecular weight is 390 g/mol. The highest BCUT2D eigenvalue weighted by Crippen LogP contribution is 2.17. The molecule has 0 aliphatic carbocycles. The van der Waals surface area contributed by atoms with Gasteiger partial charge in [-0.2, -0.15) is 5.10 Å². The molecule has 4 rings (SSSR count). The number of fused-ring (bicyclic) bond motifs is 1. The fraction of sp³-hybridized carbons (Fsp3) is 0.105. The first kappa shape index (κ1) is 18.0. The van der Waals surface area contributed by atoms with Crippen LogP contribution in [0, 0.1) is 17.0 Å². The van der Waals surface area contributed by atoms with Crippen LogP contribution in [0.1, 0.15) is 21.6 Å². The Morgan fingerprint density at radius 3 is 2.76 bits per heavy atom. The van der Waals surface area contributed by atoms with E-state index in [2.05, 4.69) is 31.9 Å². The molecule has 1 aromatic carbocycles. The number of hydrogen-bond acceptors (Lipinski definition) is 4. The molecule has 29 heavy (non-hydrogen) atoms. The van der Waals surface area contributed by atoms with Gasteiger partial charge in [0.05, 0.1) is 23.5 Å². The molecule has 0 unspecified atom stereocenters. The molecule has 10 heteroatoms.